The summed E-state index contributed by atoms with van der Waals surface area (Å²) in [5.41, 5.74) is 5.33. The zero-order valence-electron chi connectivity index (χ0n) is 25.6. The lowest BCUT2D eigenvalue weighted by molar-refractivity contribution is -0.121. The Morgan fingerprint density at radius 1 is 0.698 bits per heavy atom. The zero-order chi connectivity index (χ0) is 30.6. The van der Waals surface area contributed by atoms with Crippen LogP contribution in [-0.2, 0) is 42.7 Å². The van der Waals surface area contributed by atoms with E-state index < -0.39 is 0 Å². The van der Waals surface area contributed by atoms with E-state index in [9.17, 15) is 9.59 Å². The van der Waals surface area contributed by atoms with Gasteiger partial charge in [-0.15, -0.1) is 0 Å². The first-order valence-corrected chi connectivity index (χ1v) is 16.5. The van der Waals surface area contributed by atoms with Crippen molar-refractivity contribution < 1.29 is 47.5 Å². The summed E-state index contributed by atoms with van der Waals surface area (Å²) in [6.07, 6.45) is 3.35. The molecule has 3 amide bonds. The Labute approximate surface area is 260 Å². The SMILES string of the molecule is NCCOCCOCCOCCOCCOCCOCCOCCOCCNC(=O)CCCCC1SC[C@@H]2NC(=O)N[C@H]12. The van der Waals surface area contributed by atoms with Gasteiger partial charge in [0.25, 0.3) is 0 Å². The Morgan fingerprint density at radius 3 is 1.65 bits per heavy atom. The van der Waals surface area contributed by atoms with Crippen LogP contribution in [-0.4, -0.2) is 154 Å². The first-order chi connectivity index (χ1) is 21.2. The minimum Gasteiger partial charge on any atom is -0.378 e. The predicted octanol–water partition coefficient (Wildman–Crippen LogP) is -0.0801. The maximum atomic E-state index is 12.0. The van der Waals surface area contributed by atoms with Crippen molar-refractivity contribution in [1.29, 1.82) is 0 Å². The van der Waals surface area contributed by atoms with Gasteiger partial charge in [-0.25, -0.2) is 4.79 Å². The molecule has 14 nitrogen and oxygen atoms in total. The van der Waals surface area contributed by atoms with Crippen LogP contribution < -0.4 is 21.7 Å². The van der Waals surface area contributed by atoms with E-state index in [2.05, 4.69) is 16.0 Å². The number of carbonyl (C=O) groups excluding carboxylic acids is 2. The standard InChI is InChI=1S/C28H54N4O10S/c29-5-7-35-9-11-37-13-15-39-17-19-41-21-22-42-20-18-40-16-14-38-12-10-36-8-6-30-26(33)4-2-1-3-25-27-24(23-43-25)31-28(34)32-27/h24-25,27H,1-23,29H2,(H,30,33)(H2,31,32,34)/t24-,25?,27-/m0/s1. The number of amides is 3. The smallest absolute Gasteiger partial charge is 0.315 e. The van der Waals surface area contributed by atoms with Crippen molar-refractivity contribution in [2.45, 2.75) is 43.0 Å². The van der Waals surface area contributed by atoms with Crippen LogP contribution in [0.5, 0.6) is 0 Å². The minimum atomic E-state index is -0.0583. The van der Waals surface area contributed by atoms with Crippen molar-refractivity contribution in [1.82, 2.24) is 16.0 Å². The monoisotopic (exact) mass is 638 g/mol. The molecule has 2 aliphatic heterocycles. The van der Waals surface area contributed by atoms with Crippen molar-refractivity contribution in [3.05, 3.63) is 0 Å². The topological polar surface area (TPSA) is 170 Å². The van der Waals surface area contributed by atoms with Crippen LogP contribution in [0.2, 0.25) is 0 Å². The molecule has 252 valence electrons. The van der Waals surface area contributed by atoms with E-state index in [1.54, 1.807) is 0 Å². The van der Waals surface area contributed by atoms with Crippen LogP contribution in [0.3, 0.4) is 0 Å². The van der Waals surface area contributed by atoms with E-state index >= 15 is 0 Å². The molecule has 0 aliphatic carbocycles. The number of unbranched alkanes of at least 4 members (excludes halogenated alkanes) is 1. The largest absolute Gasteiger partial charge is 0.378 e. The molecule has 15 heteroatoms. The molecule has 1 unspecified atom stereocenters. The molecule has 5 N–H and O–H groups in total. The number of urea groups is 1. The molecule has 2 saturated heterocycles. The van der Waals surface area contributed by atoms with E-state index in [1.165, 1.54) is 0 Å². The van der Waals surface area contributed by atoms with Gasteiger partial charge in [0.05, 0.1) is 118 Å². The van der Waals surface area contributed by atoms with Crippen LogP contribution in [0.25, 0.3) is 0 Å². The lowest BCUT2D eigenvalue weighted by atomic mass is 10.0. The number of rotatable bonds is 31. The van der Waals surface area contributed by atoms with Gasteiger partial charge in [0.1, 0.15) is 0 Å². The molecule has 2 fully saturated rings. The third-order valence-electron chi connectivity index (χ3n) is 6.52. The summed E-state index contributed by atoms with van der Waals surface area (Å²) in [5, 5.41) is 9.28. The van der Waals surface area contributed by atoms with Crippen LogP contribution in [0.15, 0.2) is 0 Å². The second-order valence-electron chi connectivity index (χ2n) is 9.91. The molecule has 0 aromatic rings. The molecule has 0 radical (unpaired) electrons. The first-order valence-electron chi connectivity index (χ1n) is 15.5. The van der Waals surface area contributed by atoms with Crippen LogP contribution in [0.4, 0.5) is 4.79 Å². The Hall–Kier alpha value is -1.27. The molecule has 2 aliphatic rings. The van der Waals surface area contributed by atoms with Crippen molar-refractivity contribution >= 4 is 23.7 Å². The molecule has 43 heavy (non-hydrogen) atoms. The molecule has 2 rings (SSSR count). The summed E-state index contributed by atoms with van der Waals surface area (Å²) < 4.78 is 43.3. The van der Waals surface area contributed by atoms with E-state index in [0.29, 0.717) is 130 Å². The van der Waals surface area contributed by atoms with Gasteiger partial charge in [-0.1, -0.05) is 6.42 Å². The van der Waals surface area contributed by atoms with E-state index in [-0.39, 0.29) is 24.0 Å². The van der Waals surface area contributed by atoms with Gasteiger partial charge < -0.3 is 59.6 Å². The summed E-state index contributed by atoms with van der Waals surface area (Å²) in [5.74, 6) is 1.01. The van der Waals surface area contributed by atoms with Crippen molar-refractivity contribution in [3.8, 4) is 0 Å². The molecule has 0 spiro atoms. The maximum Gasteiger partial charge on any atom is 0.315 e. The fourth-order valence-electron chi connectivity index (χ4n) is 4.35. The number of thioether (sulfide) groups is 1. The first kappa shape index (κ1) is 37.9. The normalized spacial score (nSPS) is 19.4. The molecule has 0 aromatic heterocycles. The van der Waals surface area contributed by atoms with Crippen LogP contribution >= 0.6 is 11.8 Å². The molecule has 0 aromatic carbocycles. The number of hydrogen-bond acceptors (Lipinski definition) is 12. The van der Waals surface area contributed by atoms with Gasteiger partial charge in [-0.3, -0.25) is 4.79 Å². The average molecular weight is 639 g/mol. The molecule has 3 atom stereocenters. The van der Waals surface area contributed by atoms with Crippen LogP contribution in [0.1, 0.15) is 25.7 Å². The Kier molecular flexibility index (Phi) is 23.9. The van der Waals surface area contributed by atoms with Gasteiger partial charge >= 0.3 is 6.03 Å². The highest BCUT2D eigenvalue weighted by Crippen LogP contribution is 2.33. The molecule has 2 heterocycles. The lowest BCUT2D eigenvalue weighted by Gasteiger charge is -2.16. The highest BCUT2D eigenvalue weighted by atomic mass is 32.2. The minimum absolute atomic E-state index is 0.0467. The predicted molar refractivity (Wildman–Crippen MR) is 163 cm³/mol. The summed E-state index contributed by atoms with van der Waals surface area (Å²) in [6.45, 7) is 9.11. The molecular formula is C28H54N4O10S. The molecule has 0 saturated carbocycles. The fraction of sp³-hybridized carbons (Fsp3) is 0.929. The Balaban J connectivity index is 1.19. The van der Waals surface area contributed by atoms with Crippen molar-refractivity contribution in [3.63, 3.8) is 0 Å². The van der Waals surface area contributed by atoms with Gasteiger partial charge in [0, 0.05) is 30.5 Å². The average Bonchev–Trinajstić information content (AvgIpc) is 3.56. The Morgan fingerprint density at radius 2 is 1.16 bits per heavy atom. The van der Waals surface area contributed by atoms with E-state index in [4.69, 9.17) is 43.6 Å². The number of carbonyl (C=O) groups is 2. The second-order valence-corrected chi connectivity index (χ2v) is 11.2. The van der Waals surface area contributed by atoms with Gasteiger partial charge in [-0.05, 0) is 12.8 Å². The van der Waals surface area contributed by atoms with E-state index in [1.807, 2.05) is 11.8 Å². The summed E-state index contributed by atoms with van der Waals surface area (Å²) in [7, 11) is 0. The lowest BCUT2D eigenvalue weighted by Crippen LogP contribution is -2.36. The van der Waals surface area contributed by atoms with Crippen molar-refractivity contribution in [2.75, 3.05) is 125 Å². The zero-order valence-corrected chi connectivity index (χ0v) is 26.4. The van der Waals surface area contributed by atoms with E-state index in [0.717, 1.165) is 25.0 Å². The highest BCUT2D eigenvalue weighted by Gasteiger charge is 2.42. The summed E-state index contributed by atoms with van der Waals surface area (Å²) in [6, 6.07) is 0.418. The fourth-order valence-corrected chi connectivity index (χ4v) is 5.89. The second kappa shape index (κ2) is 27.1. The van der Waals surface area contributed by atoms with Gasteiger partial charge in [0.2, 0.25) is 5.91 Å². The quantitative estimate of drug-likeness (QED) is 0.0589. The molecular weight excluding hydrogens is 584 g/mol. The number of hydrogen-bond donors (Lipinski definition) is 4. The maximum absolute atomic E-state index is 12.0. The van der Waals surface area contributed by atoms with Gasteiger partial charge in [-0.2, -0.15) is 11.8 Å². The van der Waals surface area contributed by atoms with Crippen LogP contribution in [0, 0.1) is 0 Å². The van der Waals surface area contributed by atoms with Crippen molar-refractivity contribution in [2.24, 2.45) is 5.73 Å². The van der Waals surface area contributed by atoms with Gasteiger partial charge in [0.15, 0.2) is 0 Å². The summed E-state index contributed by atoms with van der Waals surface area (Å²) in [4.78, 5) is 23.4. The number of fused-ring (bicyclic) bond motifs is 1. The highest BCUT2D eigenvalue weighted by molar-refractivity contribution is 8.00. The third kappa shape index (κ3) is 20.4. The summed E-state index contributed by atoms with van der Waals surface area (Å²) >= 11 is 1.90. The molecule has 0 bridgehead atoms. The Bertz CT molecular complexity index is 700. The number of ether oxygens (including phenoxy) is 8. The third-order valence-corrected chi connectivity index (χ3v) is 8.02. The number of nitrogens with one attached hydrogen (secondary N) is 3. The number of nitrogens with two attached hydrogens (primary N) is 1.